The number of methoxy groups -OCH3 is 1. The molecule has 0 aliphatic heterocycles. The van der Waals surface area contributed by atoms with E-state index in [1.54, 1.807) is 19.5 Å². The molecule has 0 saturated heterocycles. The van der Waals surface area contributed by atoms with Crippen LogP contribution in [0, 0.1) is 0 Å². The summed E-state index contributed by atoms with van der Waals surface area (Å²) in [6.45, 7) is 0.516. The minimum atomic E-state index is -0.393. The fraction of sp³-hybridized carbons (Fsp3) is 0.300. The number of hydrogen-bond donors (Lipinski definition) is 2. The smallest absolute Gasteiger partial charge is 0.230 e. The number of aromatic amines is 1. The summed E-state index contributed by atoms with van der Waals surface area (Å²) in [6, 6.07) is 11.5. The van der Waals surface area contributed by atoms with Crippen LogP contribution in [-0.2, 0) is 16.6 Å². The van der Waals surface area contributed by atoms with Gasteiger partial charge in [0.2, 0.25) is 5.91 Å². The van der Waals surface area contributed by atoms with Crippen LogP contribution in [0.2, 0.25) is 0 Å². The maximum absolute atomic E-state index is 12.7. The molecule has 0 atom stereocenters. The Morgan fingerprint density at radius 3 is 2.59 bits per heavy atom. The van der Waals surface area contributed by atoms with Crippen molar-refractivity contribution in [1.82, 2.24) is 25.5 Å². The van der Waals surface area contributed by atoms with E-state index in [0.29, 0.717) is 18.8 Å². The average molecular weight is 363 g/mol. The van der Waals surface area contributed by atoms with Crippen molar-refractivity contribution >= 4 is 5.91 Å². The van der Waals surface area contributed by atoms with Gasteiger partial charge in [-0.3, -0.25) is 14.9 Å². The summed E-state index contributed by atoms with van der Waals surface area (Å²) in [4.78, 5) is 21.2. The van der Waals surface area contributed by atoms with Crippen molar-refractivity contribution in [2.24, 2.45) is 0 Å². The number of nitrogens with zero attached hydrogens (tertiary/aromatic N) is 3. The van der Waals surface area contributed by atoms with Gasteiger partial charge < -0.3 is 10.1 Å². The molecule has 1 aliphatic carbocycles. The molecule has 0 spiro atoms. The van der Waals surface area contributed by atoms with Crippen molar-refractivity contribution in [3.8, 4) is 17.1 Å². The van der Waals surface area contributed by atoms with Gasteiger partial charge in [0.1, 0.15) is 11.6 Å². The molecular formula is C20H21N5O2. The molecule has 7 nitrogen and oxygen atoms in total. The van der Waals surface area contributed by atoms with Crippen molar-refractivity contribution in [3.05, 3.63) is 60.2 Å². The van der Waals surface area contributed by atoms with E-state index >= 15 is 0 Å². The number of nitrogens with one attached hydrogen (secondary N) is 2. The van der Waals surface area contributed by atoms with E-state index in [2.05, 4.69) is 25.5 Å². The van der Waals surface area contributed by atoms with Crippen LogP contribution in [0.25, 0.3) is 11.4 Å². The number of H-pyrrole nitrogens is 1. The first-order chi connectivity index (χ1) is 13.2. The average Bonchev–Trinajstić information content (AvgIpc) is 3.41. The fourth-order valence-electron chi connectivity index (χ4n) is 3.18. The summed E-state index contributed by atoms with van der Waals surface area (Å²) in [5.74, 6) is 2.25. The normalized spacial score (nSPS) is 14.6. The zero-order chi connectivity index (χ0) is 18.7. The van der Waals surface area contributed by atoms with Crippen LogP contribution in [-0.4, -0.2) is 39.7 Å². The molecule has 1 saturated carbocycles. The van der Waals surface area contributed by atoms with E-state index in [1.807, 2.05) is 36.4 Å². The van der Waals surface area contributed by atoms with Crippen molar-refractivity contribution in [2.75, 3.05) is 13.7 Å². The minimum Gasteiger partial charge on any atom is -0.497 e. The Hall–Kier alpha value is -3.22. The second-order valence-electron chi connectivity index (χ2n) is 6.66. The highest BCUT2D eigenvalue weighted by Crippen LogP contribution is 2.48. The third-order valence-electron chi connectivity index (χ3n) is 4.94. The van der Waals surface area contributed by atoms with Gasteiger partial charge in [0.05, 0.1) is 12.5 Å². The van der Waals surface area contributed by atoms with Gasteiger partial charge in [-0.15, -0.1) is 0 Å². The summed E-state index contributed by atoms with van der Waals surface area (Å²) in [5, 5.41) is 10.2. The molecule has 1 amide bonds. The standard InChI is InChI=1S/C20H21N5O2/c1-27-16-4-2-15(3-5-16)20(9-10-20)19(26)22-13-8-17-23-18(25-24-17)14-6-11-21-12-7-14/h2-7,11-12H,8-10,13H2,1H3,(H,22,26)(H,23,24,25). The Morgan fingerprint density at radius 2 is 1.93 bits per heavy atom. The topological polar surface area (TPSA) is 92.8 Å². The molecule has 2 aromatic heterocycles. The second-order valence-corrected chi connectivity index (χ2v) is 6.66. The molecule has 27 heavy (non-hydrogen) atoms. The van der Waals surface area contributed by atoms with Crippen molar-refractivity contribution < 1.29 is 9.53 Å². The number of aromatic nitrogens is 4. The van der Waals surface area contributed by atoms with Gasteiger partial charge in [-0.1, -0.05) is 12.1 Å². The zero-order valence-electron chi connectivity index (χ0n) is 15.1. The highest BCUT2D eigenvalue weighted by atomic mass is 16.5. The lowest BCUT2D eigenvalue weighted by atomic mass is 9.95. The first-order valence-electron chi connectivity index (χ1n) is 8.96. The summed E-state index contributed by atoms with van der Waals surface area (Å²) in [7, 11) is 1.64. The van der Waals surface area contributed by atoms with Crippen LogP contribution in [0.4, 0.5) is 0 Å². The number of carbonyl (C=O) groups excluding carboxylic acids is 1. The lowest BCUT2D eigenvalue weighted by Crippen LogP contribution is -2.36. The molecule has 4 rings (SSSR count). The molecule has 0 unspecified atom stereocenters. The quantitative estimate of drug-likeness (QED) is 0.672. The third kappa shape index (κ3) is 3.53. The predicted octanol–water partition coefficient (Wildman–Crippen LogP) is 2.27. The molecule has 0 radical (unpaired) electrons. The second kappa shape index (κ2) is 7.19. The summed E-state index contributed by atoms with van der Waals surface area (Å²) in [6.07, 6.45) is 5.77. The van der Waals surface area contributed by atoms with Crippen molar-refractivity contribution in [3.63, 3.8) is 0 Å². The maximum Gasteiger partial charge on any atom is 0.230 e. The van der Waals surface area contributed by atoms with E-state index in [9.17, 15) is 4.79 Å². The molecule has 7 heteroatoms. The number of benzene rings is 1. The molecule has 1 aliphatic rings. The minimum absolute atomic E-state index is 0.0709. The highest BCUT2D eigenvalue weighted by Gasteiger charge is 2.51. The van der Waals surface area contributed by atoms with Gasteiger partial charge in [-0.2, -0.15) is 5.10 Å². The number of amides is 1. The molecule has 3 aromatic rings. The molecule has 0 bridgehead atoms. The van der Waals surface area contributed by atoms with Crippen LogP contribution in [0.3, 0.4) is 0 Å². The third-order valence-corrected chi connectivity index (χ3v) is 4.94. The van der Waals surface area contributed by atoms with Gasteiger partial charge in [-0.25, -0.2) is 4.98 Å². The SMILES string of the molecule is COc1ccc(C2(C(=O)NCCc3nc(-c4ccncc4)n[nH]3)CC2)cc1. The first-order valence-corrected chi connectivity index (χ1v) is 8.96. The Labute approximate surface area is 157 Å². The fourth-order valence-corrected chi connectivity index (χ4v) is 3.18. The van der Waals surface area contributed by atoms with E-state index in [-0.39, 0.29) is 5.91 Å². The van der Waals surface area contributed by atoms with Crippen LogP contribution < -0.4 is 10.1 Å². The monoisotopic (exact) mass is 363 g/mol. The van der Waals surface area contributed by atoms with E-state index in [4.69, 9.17) is 4.74 Å². The van der Waals surface area contributed by atoms with E-state index in [1.165, 1.54) is 0 Å². The van der Waals surface area contributed by atoms with Crippen LogP contribution in [0.5, 0.6) is 5.75 Å². The van der Waals surface area contributed by atoms with Gasteiger partial charge in [0, 0.05) is 30.9 Å². The van der Waals surface area contributed by atoms with Gasteiger partial charge >= 0.3 is 0 Å². The largest absolute Gasteiger partial charge is 0.497 e. The zero-order valence-corrected chi connectivity index (χ0v) is 15.1. The van der Waals surface area contributed by atoms with Gasteiger partial charge in [0.25, 0.3) is 0 Å². The highest BCUT2D eigenvalue weighted by molar-refractivity contribution is 5.91. The Morgan fingerprint density at radius 1 is 1.19 bits per heavy atom. The molecule has 2 heterocycles. The van der Waals surface area contributed by atoms with Crippen molar-refractivity contribution in [1.29, 1.82) is 0 Å². The Kier molecular flexibility index (Phi) is 4.58. The summed E-state index contributed by atoms with van der Waals surface area (Å²) in [5.41, 5.74) is 1.56. The summed E-state index contributed by atoms with van der Waals surface area (Å²) < 4.78 is 5.19. The van der Waals surface area contributed by atoms with Crippen LogP contribution in [0.15, 0.2) is 48.8 Å². The Bertz CT molecular complexity index is 917. The Balaban J connectivity index is 1.34. The van der Waals surface area contributed by atoms with Crippen molar-refractivity contribution in [2.45, 2.75) is 24.7 Å². The number of rotatable bonds is 7. The number of ether oxygens (including phenoxy) is 1. The molecule has 1 aromatic carbocycles. The lowest BCUT2D eigenvalue weighted by molar-refractivity contribution is -0.123. The number of carbonyl (C=O) groups is 1. The first kappa shape index (κ1) is 17.2. The van der Waals surface area contributed by atoms with Gasteiger partial charge in [0.15, 0.2) is 5.82 Å². The maximum atomic E-state index is 12.7. The molecular weight excluding hydrogens is 342 g/mol. The molecule has 1 fully saturated rings. The lowest BCUT2D eigenvalue weighted by Gasteiger charge is -2.16. The van der Waals surface area contributed by atoms with E-state index < -0.39 is 5.41 Å². The van der Waals surface area contributed by atoms with Gasteiger partial charge in [-0.05, 0) is 42.7 Å². The summed E-state index contributed by atoms with van der Waals surface area (Å²) >= 11 is 0. The molecule has 138 valence electrons. The number of hydrogen-bond acceptors (Lipinski definition) is 5. The van der Waals surface area contributed by atoms with Crippen LogP contribution in [0.1, 0.15) is 24.2 Å². The van der Waals surface area contributed by atoms with E-state index in [0.717, 1.165) is 35.5 Å². The predicted molar refractivity (Wildman–Crippen MR) is 100 cm³/mol. The number of pyridine rings is 1. The van der Waals surface area contributed by atoms with Crippen LogP contribution >= 0.6 is 0 Å². The molecule has 2 N–H and O–H groups in total.